The number of carbonyl (C=O) groups excluding carboxylic acids is 1. The first-order chi connectivity index (χ1) is 9.37. The smallest absolute Gasteiger partial charge is 0.144 e. The molecular formula is C15H16Cl2N2O. The molecule has 2 atom stereocenters. The molecule has 0 unspecified atom stereocenters. The lowest BCUT2D eigenvalue weighted by Crippen LogP contribution is -2.45. The summed E-state index contributed by atoms with van der Waals surface area (Å²) in [6.45, 7) is 4.24. The highest BCUT2D eigenvalue weighted by Crippen LogP contribution is 2.40. The largest absolute Gasteiger partial charge is 0.306 e. The maximum atomic E-state index is 12.5. The number of rotatable bonds is 1. The van der Waals surface area contributed by atoms with E-state index in [-0.39, 0.29) is 23.2 Å². The van der Waals surface area contributed by atoms with Gasteiger partial charge in [0.25, 0.3) is 0 Å². The maximum absolute atomic E-state index is 12.5. The SMILES string of the molecule is CC1(C)CC(=O)[C@H]2C(c3ccc(Cl)cc3Cl)=NN[C@H]2C1. The fraction of sp³-hybridized carbons (Fsp3) is 0.467. The fourth-order valence-corrected chi connectivity index (χ4v) is 3.71. The van der Waals surface area contributed by atoms with E-state index < -0.39 is 0 Å². The summed E-state index contributed by atoms with van der Waals surface area (Å²) >= 11 is 12.2. The summed E-state index contributed by atoms with van der Waals surface area (Å²) in [4.78, 5) is 12.5. The van der Waals surface area contributed by atoms with Crippen molar-refractivity contribution in [3.63, 3.8) is 0 Å². The van der Waals surface area contributed by atoms with Gasteiger partial charge in [0, 0.05) is 17.0 Å². The Balaban J connectivity index is 1.95. The molecule has 3 nitrogen and oxygen atoms in total. The molecule has 0 bridgehead atoms. The molecule has 3 rings (SSSR count). The summed E-state index contributed by atoms with van der Waals surface area (Å²) in [5, 5.41) is 5.49. The third-order valence-corrected chi connectivity index (χ3v) is 4.57. The Labute approximate surface area is 128 Å². The summed E-state index contributed by atoms with van der Waals surface area (Å²) in [7, 11) is 0. The number of hydrogen-bond acceptors (Lipinski definition) is 3. The number of benzene rings is 1. The van der Waals surface area contributed by atoms with Gasteiger partial charge < -0.3 is 5.43 Å². The van der Waals surface area contributed by atoms with Gasteiger partial charge in [-0.15, -0.1) is 0 Å². The van der Waals surface area contributed by atoms with Crippen LogP contribution in [0.1, 0.15) is 32.3 Å². The van der Waals surface area contributed by atoms with Crippen molar-refractivity contribution in [3.05, 3.63) is 33.8 Å². The van der Waals surface area contributed by atoms with Gasteiger partial charge in [-0.2, -0.15) is 5.10 Å². The van der Waals surface area contributed by atoms with E-state index >= 15 is 0 Å². The molecule has 0 amide bonds. The normalized spacial score (nSPS) is 27.8. The van der Waals surface area contributed by atoms with Crippen molar-refractivity contribution in [2.45, 2.75) is 32.7 Å². The zero-order valence-corrected chi connectivity index (χ0v) is 12.9. The Bertz CT molecular complexity index is 610. The van der Waals surface area contributed by atoms with Gasteiger partial charge in [0.05, 0.1) is 22.7 Å². The van der Waals surface area contributed by atoms with E-state index in [2.05, 4.69) is 24.4 Å². The molecule has 1 aromatic carbocycles. The van der Waals surface area contributed by atoms with Crippen LogP contribution in [0.3, 0.4) is 0 Å². The minimum absolute atomic E-state index is 0.0278. The average molecular weight is 311 g/mol. The Hall–Kier alpha value is -1.06. The van der Waals surface area contributed by atoms with Crippen LogP contribution >= 0.6 is 23.2 Å². The van der Waals surface area contributed by atoms with Gasteiger partial charge in [0.2, 0.25) is 0 Å². The number of hydrogen-bond donors (Lipinski definition) is 1. The van der Waals surface area contributed by atoms with Crippen LogP contribution in [0, 0.1) is 11.3 Å². The standard InChI is InChI=1S/C15H16Cl2N2O/c1-15(2)6-11-13(12(20)7-15)14(19-18-11)9-4-3-8(16)5-10(9)17/h3-5,11,13,18H,6-7H2,1-2H3/t11-,13-/m0/s1. The molecule has 1 aliphatic heterocycles. The number of Topliss-reactive ketones (excluding diaryl/α,β-unsaturated/α-hetero) is 1. The van der Waals surface area contributed by atoms with Crippen molar-refractivity contribution in [2.24, 2.45) is 16.4 Å². The third kappa shape index (κ3) is 2.33. The molecule has 106 valence electrons. The predicted octanol–water partition coefficient (Wildman–Crippen LogP) is 3.67. The molecule has 20 heavy (non-hydrogen) atoms. The van der Waals surface area contributed by atoms with Crippen molar-refractivity contribution >= 4 is 34.7 Å². The highest BCUT2D eigenvalue weighted by molar-refractivity contribution is 6.37. The van der Waals surface area contributed by atoms with Crippen molar-refractivity contribution in [3.8, 4) is 0 Å². The van der Waals surface area contributed by atoms with Crippen LogP contribution in [0.4, 0.5) is 0 Å². The molecule has 0 saturated heterocycles. The lowest BCUT2D eigenvalue weighted by Gasteiger charge is -2.36. The van der Waals surface area contributed by atoms with E-state index in [0.29, 0.717) is 16.5 Å². The minimum atomic E-state index is -0.193. The van der Waals surface area contributed by atoms with E-state index in [9.17, 15) is 4.79 Å². The van der Waals surface area contributed by atoms with Gasteiger partial charge >= 0.3 is 0 Å². The highest BCUT2D eigenvalue weighted by Gasteiger charge is 2.46. The zero-order valence-electron chi connectivity index (χ0n) is 11.4. The van der Waals surface area contributed by atoms with Gasteiger partial charge in [0.1, 0.15) is 5.78 Å². The van der Waals surface area contributed by atoms with E-state index in [0.717, 1.165) is 17.7 Å². The first-order valence-corrected chi connectivity index (χ1v) is 7.44. The number of carbonyl (C=O) groups is 1. The van der Waals surface area contributed by atoms with E-state index in [1.165, 1.54) is 0 Å². The van der Waals surface area contributed by atoms with Gasteiger partial charge in [-0.1, -0.05) is 43.1 Å². The topological polar surface area (TPSA) is 41.5 Å². The van der Waals surface area contributed by atoms with Crippen LogP contribution in [0.25, 0.3) is 0 Å². The van der Waals surface area contributed by atoms with Crippen LogP contribution in [0.5, 0.6) is 0 Å². The van der Waals surface area contributed by atoms with Gasteiger partial charge in [-0.05, 0) is 24.0 Å². The summed E-state index contributed by atoms with van der Waals surface area (Å²) in [5.74, 6) is 0.0442. The van der Waals surface area contributed by atoms with Crippen molar-refractivity contribution in [2.75, 3.05) is 0 Å². The number of ketones is 1. The van der Waals surface area contributed by atoms with Crippen LogP contribution in [0.15, 0.2) is 23.3 Å². The van der Waals surface area contributed by atoms with Gasteiger partial charge in [-0.25, -0.2) is 0 Å². The number of hydrazone groups is 1. The van der Waals surface area contributed by atoms with Crippen LogP contribution in [0.2, 0.25) is 10.0 Å². The summed E-state index contributed by atoms with van der Waals surface area (Å²) in [5.41, 5.74) is 4.68. The van der Waals surface area contributed by atoms with Crippen LogP contribution in [-0.2, 0) is 4.79 Å². The minimum Gasteiger partial charge on any atom is -0.306 e. The molecule has 1 aromatic rings. The third-order valence-electron chi connectivity index (χ3n) is 4.03. The second-order valence-corrected chi connectivity index (χ2v) is 7.19. The van der Waals surface area contributed by atoms with E-state index in [4.69, 9.17) is 23.2 Å². The molecule has 2 aliphatic rings. The molecule has 1 heterocycles. The van der Waals surface area contributed by atoms with Crippen LogP contribution in [-0.4, -0.2) is 17.5 Å². The summed E-state index contributed by atoms with van der Waals surface area (Å²) in [6, 6.07) is 5.37. The van der Waals surface area contributed by atoms with E-state index in [1.54, 1.807) is 12.1 Å². The lowest BCUT2D eigenvalue weighted by molar-refractivity contribution is -0.126. The lowest BCUT2D eigenvalue weighted by atomic mass is 9.68. The van der Waals surface area contributed by atoms with Gasteiger partial charge in [-0.3, -0.25) is 4.79 Å². The molecule has 1 aliphatic carbocycles. The highest BCUT2D eigenvalue weighted by atomic mass is 35.5. The Morgan fingerprint density at radius 1 is 1.35 bits per heavy atom. The Morgan fingerprint density at radius 2 is 2.10 bits per heavy atom. The molecule has 5 heteroatoms. The molecule has 1 saturated carbocycles. The Kier molecular flexibility index (Phi) is 3.30. The summed E-state index contributed by atoms with van der Waals surface area (Å²) in [6.07, 6.45) is 1.52. The maximum Gasteiger partial charge on any atom is 0.144 e. The average Bonchev–Trinajstić information content (AvgIpc) is 2.71. The van der Waals surface area contributed by atoms with E-state index in [1.807, 2.05) is 6.07 Å². The molecule has 0 aromatic heterocycles. The first-order valence-electron chi connectivity index (χ1n) is 6.69. The second kappa shape index (κ2) is 4.74. The fourth-order valence-electron chi connectivity index (χ4n) is 3.20. The number of nitrogens with one attached hydrogen (secondary N) is 1. The van der Waals surface area contributed by atoms with Crippen molar-refractivity contribution in [1.82, 2.24) is 5.43 Å². The van der Waals surface area contributed by atoms with Gasteiger partial charge in [0.15, 0.2) is 0 Å². The van der Waals surface area contributed by atoms with Crippen molar-refractivity contribution in [1.29, 1.82) is 0 Å². The number of fused-ring (bicyclic) bond motifs is 1. The monoisotopic (exact) mass is 310 g/mol. The number of halogens is 2. The quantitative estimate of drug-likeness (QED) is 0.859. The molecule has 1 N–H and O–H groups in total. The summed E-state index contributed by atoms with van der Waals surface area (Å²) < 4.78 is 0. The molecule has 0 spiro atoms. The molecule has 0 radical (unpaired) electrons. The molecular weight excluding hydrogens is 295 g/mol. The van der Waals surface area contributed by atoms with Crippen LogP contribution < -0.4 is 5.43 Å². The first kappa shape index (κ1) is 13.9. The predicted molar refractivity (Wildman–Crippen MR) is 81.4 cm³/mol. The second-order valence-electron chi connectivity index (χ2n) is 6.35. The Morgan fingerprint density at radius 3 is 2.80 bits per heavy atom. The molecule has 1 fully saturated rings. The van der Waals surface area contributed by atoms with Crippen molar-refractivity contribution < 1.29 is 4.79 Å². The zero-order chi connectivity index (χ0) is 14.5. The number of nitrogens with zero attached hydrogens (tertiary/aromatic N) is 1.